The quantitative estimate of drug-likeness (QED) is 0.741. The smallest absolute Gasteiger partial charge is 0.0849 e. The SMILES string of the molecule is [N-]=C(/C(F)=C\[NH-])c1cccc(-c2ccccc2)c1.[Y]. The Labute approximate surface area is 136 Å². The maximum Gasteiger partial charge on any atom is 0.0849 e. The van der Waals surface area contributed by atoms with E-state index in [2.05, 4.69) is 0 Å². The van der Waals surface area contributed by atoms with Crippen LogP contribution in [0.2, 0.25) is 0 Å². The first-order valence-electron chi connectivity index (χ1n) is 5.47. The third-order valence-electron chi connectivity index (χ3n) is 2.60. The molecule has 2 rings (SSSR count). The van der Waals surface area contributed by atoms with Gasteiger partial charge in [0.05, 0.1) is 5.83 Å². The second-order valence-corrected chi connectivity index (χ2v) is 3.79. The van der Waals surface area contributed by atoms with Gasteiger partial charge in [-0.3, -0.25) is 0 Å². The Morgan fingerprint density at radius 3 is 2.26 bits per heavy atom. The van der Waals surface area contributed by atoms with Crippen LogP contribution in [0, 0.1) is 0 Å². The number of halogens is 1. The summed E-state index contributed by atoms with van der Waals surface area (Å²) in [4.78, 5) is 0. The topological polar surface area (TPSA) is 46.1 Å². The molecule has 1 radical (unpaired) electrons. The molecule has 0 aromatic heterocycles. The molecule has 0 bridgehead atoms. The zero-order valence-electron chi connectivity index (χ0n) is 10.2. The van der Waals surface area contributed by atoms with Crippen molar-refractivity contribution in [3.05, 3.63) is 83.3 Å². The molecule has 0 amide bonds. The van der Waals surface area contributed by atoms with Crippen molar-refractivity contribution in [2.45, 2.75) is 0 Å². The average molecular weight is 327 g/mol. The van der Waals surface area contributed by atoms with Crippen LogP contribution in [0.5, 0.6) is 0 Å². The summed E-state index contributed by atoms with van der Waals surface area (Å²) in [7, 11) is 0. The number of rotatable bonds is 3. The maximum absolute atomic E-state index is 13.1. The van der Waals surface area contributed by atoms with E-state index in [0.29, 0.717) is 11.8 Å². The molecule has 1 N–H and O–H groups in total. The van der Waals surface area contributed by atoms with Crippen LogP contribution in [-0.4, -0.2) is 5.71 Å². The molecule has 0 saturated carbocycles. The molecule has 0 atom stereocenters. The molecule has 0 aliphatic rings. The van der Waals surface area contributed by atoms with Gasteiger partial charge in [-0.25, -0.2) is 4.39 Å². The molecular formula is C15H11FN2Y-2. The molecule has 0 aliphatic heterocycles. The van der Waals surface area contributed by atoms with E-state index in [0.717, 1.165) is 11.1 Å². The summed E-state index contributed by atoms with van der Waals surface area (Å²) in [5, 5.41) is 9.61. The molecule has 0 aliphatic carbocycles. The van der Waals surface area contributed by atoms with E-state index in [-0.39, 0.29) is 32.7 Å². The van der Waals surface area contributed by atoms with Gasteiger partial charge >= 0.3 is 0 Å². The number of hydrogen-bond donors (Lipinski definition) is 0. The zero-order chi connectivity index (χ0) is 13.0. The average Bonchev–Trinajstić information content (AvgIpc) is 2.46. The third-order valence-corrected chi connectivity index (χ3v) is 2.60. The summed E-state index contributed by atoms with van der Waals surface area (Å²) in [6, 6.07) is 16.5. The van der Waals surface area contributed by atoms with Crippen LogP contribution in [0.15, 0.2) is 66.6 Å². The molecule has 0 heterocycles. The van der Waals surface area contributed by atoms with Gasteiger partial charge in [0.15, 0.2) is 0 Å². The van der Waals surface area contributed by atoms with Gasteiger partial charge in [0, 0.05) is 32.7 Å². The largest absolute Gasteiger partial charge is 0.801 e. The molecule has 2 aromatic carbocycles. The summed E-state index contributed by atoms with van der Waals surface area (Å²) in [5.41, 5.74) is 8.51. The fourth-order valence-corrected chi connectivity index (χ4v) is 1.68. The van der Waals surface area contributed by atoms with Gasteiger partial charge in [-0.1, -0.05) is 48.5 Å². The van der Waals surface area contributed by atoms with Crippen molar-refractivity contribution in [3.8, 4) is 11.1 Å². The van der Waals surface area contributed by atoms with E-state index in [1.54, 1.807) is 18.2 Å². The minimum atomic E-state index is -0.944. The van der Waals surface area contributed by atoms with Crippen LogP contribution in [0.25, 0.3) is 22.3 Å². The number of allylic oxidation sites excluding steroid dienone is 1. The number of nitrogens with zero attached hydrogens (tertiary/aromatic N) is 1. The van der Waals surface area contributed by atoms with Gasteiger partial charge in [-0.05, 0) is 22.8 Å². The zero-order valence-corrected chi connectivity index (χ0v) is 13.0. The van der Waals surface area contributed by atoms with Crippen molar-refractivity contribution < 1.29 is 37.1 Å². The van der Waals surface area contributed by atoms with Crippen LogP contribution < -0.4 is 0 Å². The second-order valence-electron chi connectivity index (χ2n) is 3.79. The minimum absolute atomic E-state index is 0. The summed E-state index contributed by atoms with van der Waals surface area (Å²) in [5.74, 6) is -0.944. The van der Waals surface area contributed by atoms with Crippen LogP contribution in [0.3, 0.4) is 0 Å². The molecule has 93 valence electrons. The van der Waals surface area contributed by atoms with E-state index in [4.69, 9.17) is 5.73 Å². The predicted molar refractivity (Wildman–Crippen MR) is 72.9 cm³/mol. The first-order chi connectivity index (χ1) is 8.72. The second kappa shape index (κ2) is 7.32. The Kier molecular flexibility index (Phi) is 6.06. The number of hydrogen-bond acceptors (Lipinski definition) is 0. The van der Waals surface area contributed by atoms with Crippen LogP contribution in [-0.2, 0) is 32.7 Å². The van der Waals surface area contributed by atoms with Gasteiger partial charge in [0.1, 0.15) is 0 Å². The van der Waals surface area contributed by atoms with Gasteiger partial charge in [0.25, 0.3) is 0 Å². The molecule has 19 heavy (non-hydrogen) atoms. The molecule has 2 aromatic rings. The van der Waals surface area contributed by atoms with E-state index in [9.17, 15) is 9.80 Å². The normalized spacial score (nSPS) is 10.7. The minimum Gasteiger partial charge on any atom is -0.801 e. The maximum atomic E-state index is 13.1. The molecule has 0 saturated heterocycles. The Bertz CT molecular complexity index is 594. The molecule has 0 fully saturated rings. The fraction of sp³-hybridized carbons (Fsp3) is 0. The third kappa shape index (κ3) is 3.82. The molecule has 0 spiro atoms. The van der Waals surface area contributed by atoms with E-state index in [1.165, 1.54) is 0 Å². The molecule has 4 heteroatoms. The van der Waals surface area contributed by atoms with Crippen LogP contribution >= 0.6 is 0 Å². The Balaban J connectivity index is 0.00000180. The van der Waals surface area contributed by atoms with E-state index < -0.39 is 11.5 Å². The first-order valence-corrected chi connectivity index (χ1v) is 5.47. The molecule has 0 unspecified atom stereocenters. The monoisotopic (exact) mass is 327 g/mol. The fourth-order valence-electron chi connectivity index (χ4n) is 1.68. The van der Waals surface area contributed by atoms with Gasteiger partial charge in [-0.2, -0.15) is 0 Å². The molecular weight excluding hydrogens is 316 g/mol. The standard InChI is InChI=1S/C15H11FN2.Y/c16-14(10-17)15(18)13-8-4-7-12(9-13)11-5-2-1-3-6-11;/h1-10,17H;/q-2;/b14-10+;. The van der Waals surface area contributed by atoms with Crippen molar-refractivity contribution in [1.82, 2.24) is 0 Å². The number of benzene rings is 2. The Hall–Kier alpha value is -1.32. The summed E-state index contributed by atoms with van der Waals surface area (Å²) in [6.07, 6.45) is 0.491. The van der Waals surface area contributed by atoms with Crippen LogP contribution in [0.1, 0.15) is 5.56 Å². The van der Waals surface area contributed by atoms with Crippen molar-refractivity contribution in [3.63, 3.8) is 0 Å². The number of nitrogens with one attached hydrogen (secondary N) is 1. The summed E-state index contributed by atoms with van der Waals surface area (Å²) < 4.78 is 13.1. The van der Waals surface area contributed by atoms with Crippen molar-refractivity contribution >= 4 is 5.71 Å². The Morgan fingerprint density at radius 1 is 1.00 bits per heavy atom. The summed E-state index contributed by atoms with van der Waals surface area (Å²) in [6.45, 7) is 0. The van der Waals surface area contributed by atoms with Gasteiger partial charge < -0.3 is 11.1 Å². The van der Waals surface area contributed by atoms with Crippen molar-refractivity contribution in [1.29, 1.82) is 0 Å². The van der Waals surface area contributed by atoms with E-state index >= 15 is 0 Å². The van der Waals surface area contributed by atoms with Gasteiger partial charge in [0.2, 0.25) is 0 Å². The van der Waals surface area contributed by atoms with Crippen molar-refractivity contribution in [2.24, 2.45) is 0 Å². The van der Waals surface area contributed by atoms with E-state index in [1.807, 2.05) is 36.4 Å². The van der Waals surface area contributed by atoms with Gasteiger partial charge in [-0.15, -0.1) is 11.9 Å². The molecule has 2 nitrogen and oxygen atoms in total. The van der Waals surface area contributed by atoms with Crippen molar-refractivity contribution in [2.75, 3.05) is 0 Å². The first kappa shape index (κ1) is 15.7. The van der Waals surface area contributed by atoms with Crippen LogP contribution in [0.4, 0.5) is 4.39 Å². The predicted octanol–water partition coefficient (Wildman–Crippen LogP) is 4.57. The summed E-state index contributed by atoms with van der Waals surface area (Å²) >= 11 is 0. The Morgan fingerprint density at radius 2 is 1.63 bits per heavy atom.